The molecule has 0 aromatic rings. The predicted octanol–water partition coefficient (Wildman–Crippen LogP) is 6.05. The molecular weight excluding hydrogens is 464 g/mol. The third-order valence-corrected chi connectivity index (χ3v) is 9.44. The third kappa shape index (κ3) is 6.32. The highest BCUT2D eigenvalue weighted by atomic mass is 16.5. The maximum atomic E-state index is 12.5. The molecule has 0 saturated heterocycles. The largest absolute Gasteiger partial charge is 0.462 e. The minimum Gasteiger partial charge on any atom is -0.462 e. The highest BCUT2D eigenvalue weighted by molar-refractivity contribution is 5.77. The third-order valence-electron chi connectivity index (χ3n) is 9.44. The number of carbonyl (C=O) groups excluding carboxylic acids is 1. The van der Waals surface area contributed by atoms with Gasteiger partial charge in [0.15, 0.2) is 0 Å². The van der Waals surface area contributed by atoms with Crippen molar-refractivity contribution in [3.05, 3.63) is 47.6 Å². The van der Waals surface area contributed by atoms with Crippen LogP contribution in [0.15, 0.2) is 47.6 Å². The number of aliphatic hydroxyl groups excluding tert-OH is 3. The molecule has 0 heterocycles. The highest BCUT2D eigenvalue weighted by Gasteiger charge is 2.53. The SMILES string of the molecule is C=C1C(=CC=C2CCC[C@]3(C)[C@@H](C(C)(C)C=C[C@@H](O)C(C)(C)C(=O)OC(C)C)CC[C@@H]23)C[C@@H](O)C[C@@H]1O. The lowest BCUT2D eigenvalue weighted by molar-refractivity contribution is -0.162. The average molecular weight is 515 g/mol. The van der Waals surface area contributed by atoms with Crippen LogP contribution in [0.5, 0.6) is 0 Å². The second kappa shape index (κ2) is 11.2. The maximum absolute atomic E-state index is 12.5. The lowest BCUT2D eigenvalue weighted by Crippen LogP contribution is -2.40. The van der Waals surface area contributed by atoms with Gasteiger partial charge in [0.25, 0.3) is 0 Å². The lowest BCUT2D eigenvalue weighted by Gasteiger charge is -2.47. The number of hydrogen-bond donors (Lipinski definition) is 3. The van der Waals surface area contributed by atoms with E-state index >= 15 is 0 Å². The Morgan fingerprint density at radius 3 is 2.49 bits per heavy atom. The summed E-state index contributed by atoms with van der Waals surface area (Å²) in [4.78, 5) is 12.5. The van der Waals surface area contributed by atoms with E-state index in [0.29, 0.717) is 24.7 Å². The number of allylic oxidation sites excluding steroid dienone is 4. The Labute approximate surface area is 224 Å². The van der Waals surface area contributed by atoms with Gasteiger partial charge in [-0.05, 0) is 100 Å². The van der Waals surface area contributed by atoms with Crippen LogP contribution in [0.3, 0.4) is 0 Å². The molecule has 5 nitrogen and oxygen atoms in total. The summed E-state index contributed by atoms with van der Waals surface area (Å²) < 4.78 is 5.37. The topological polar surface area (TPSA) is 87.0 Å². The Balaban J connectivity index is 1.78. The Morgan fingerprint density at radius 1 is 1.16 bits per heavy atom. The number of hydrogen-bond acceptors (Lipinski definition) is 5. The van der Waals surface area contributed by atoms with E-state index in [1.807, 2.05) is 13.8 Å². The number of esters is 1. The van der Waals surface area contributed by atoms with E-state index in [2.05, 4.69) is 45.6 Å². The molecular formula is C32H50O5. The molecule has 0 unspecified atom stereocenters. The van der Waals surface area contributed by atoms with E-state index in [-0.39, 0.29) is 22.9 Å². The van der Waals surface area contributed by atoms with Gasteiger partial charge in [-0.2, -0.15) is 0 Å². The zero-order valence-corrected chi connectivity index (χ0v) is 24.1. The smallest absolute Gasteiger partial charge is 0.314 e. The van der Waals surface area contributed by atoms with Crippen LogP contribution in [-0.2, 0) is 9.53 Å². The van der Waals surface area contributed by atoms with Crippen molar-refractivity contribution in [2.24, 2.45) is 28.1 Å². The summed E-state index contributed by atoms with van der Waals surface area (Å²) in [5, 5.41) is 31.2. The summed E-state index contributed by atoms with van der Waals surface area (Å²) in [6, 6.07) is 0. The van der Waals surface area contributed by atoms with Gasteiger partial charge in [0.1, 0.15) is 0 Å². The van der Waals surface area contributed by atoms with Gasteiger partial charge >= 0.3 is 5.97 Å². The second-order valence-electron chi connectivity index (χ2n) is 13.4. The molecule has 0 spiro atoms. The maximum Gasteiger partial charge on any atom is 0.314 e. The molecule has 0 radical (unpaired) electrons. The fraction of sp³-hybridized carbons (Fsp3) is 0.719. The molecule has 3 rings (SSSR count). The van der Waals surface area contributed by atoms with E-state index in [0.717, 1.165) is 36.8 Å². The molecule has 0 amide bonds. The van der Waals surface area contributed by atoms with E-state index in [4.69, 9.17) is 4.74 Å². The minimum atomic E-state index is -1.02. The number of aliphatic hydroxyl groups is 3. The van der Waals surface area contributed by atoms with Gasteiger partial charge in [-0.25, -0.2) is 0 Å². The fourth-order valence-corrected chi connectivity index (χ4v) is 7.11. The van der Waals surface area contributed by atoms with Crippen LogP contribution in [-0.4, -0.2) is 45.7 Å². The summed E-state index contributed by atoms with van der Waals surface area (Å²) in [5.41, 5.74) is 2.14. The van der Waals surface area contributed by atoms with Crippen molar-refractivity contribution < 1.29 is 24.9 Å². The molecule has 5 heteroatoms. The number of ether oxygens (including phenoxy) is 1. The van der Waals surface area contributed by atoms with Crippen molar-refractivity contribution in [1.82, 2.24) is 0 Å². The standard InChI is InChI=1S/C32H50O5/c1-20(2)37-29(36)31(6,7)28(35)15-17-30(4,5)27-14-13-25-22(10-9-16-32(25,27)8)11-12-23-18-24(33)19-26(34)21(23)3/h11-12,15,17,20,24-28,33-35H,3,9-10,13-14,16,18-19H2,1-2,4-8H3/t24-,25+,26+,27-,28-,32+/m1/s1. The van der Waals surface area contributed by atoms with Crippen molar-refractivity contribution in [2.45, 2.75) is 118 Å². The molecule has 3 aliphatic carbocycles. The molecule has 3 aliphatic rings. The van der Waals surface area contributed by atoms with Gasteiger partial charge in [0.05, 0.1) is 29.8 Å². The molecule has 0 aromatic carbocycles. The first-order valence-corrected chi connectivity index (χ1v) is 14.1. The van der Waals surface area contributed by atoms with Gasteiger partial charge in [0, 0.05) is 6.42 Å². The zero-order valence-electron chi connectivity index (χ0n) is 24.1. The first-order valence-electron chi connectivity index (χ1n) is 14.1. The molecule has 3 fully saturated rings. The van der Waals surface area contributed by atoms with Crippen LogP contribution in [0.25, 0.3) is 0 Å². The summed E-state index contributed by atoms with van der Waals surface area (Å²) >= 11 is 0. The first kappa shape index (κ1) is 29.9. The van der Waals surface area contributed by atoms with E-state index in [1.165, 1.54) is 12.0 Å². The average Bonchev–Trinajstić information content (AvgIpc) is 3.16. The summed E-state index contributed by atoms with van der Waals surface area (Å²) in [5.74, 6) is 0.552. The van der Waals surface area contributed by atoms with Crippen LogP contribution >= 0.6 is 0 Å². The van der Waals surface area contributed by atoms with Gasteiger partial charge in [-0.1, -0.05) is 57.2 Å². The van der Waals surface area contributed by atoms with E-state index < -0.39 is 23.7 Å². The Bertz CT molecular complexity index is 952. The van der Waals surface area contributed by atoms with Crippen LogP contribution in [0.1, 0.15) is 93.4 Å². The first-order chi connectivity index (χ1) is 17.1. The molecule has 3 N–H and O–H groups in total. The normalized spacial score (nSPS) is 34.4. The van der Waals surface area contributed by atoms with E-state index in [1.54, 1.807) is 19.9 Å². The number of rotatable bonds is 7. The fourth-order valence-electron chi connectivity index (χ4n) is 7.11. The predicted molar refractivity (Wildman–Crippen MR) is 149 cm³/mol. The lowest BCUT2D eigenvalue weighted by atomic mass is 9.57. The summed E-state index contributed by atoms with van der Waals surface area (Å²) in [7, 11) is 0. The van der Waals surface area contributed by atoms with Crippen molar-refractivity contribution in [1.29, 1.82) is 0 Å². The molecule has 0 aliphatic heterocycles. The van der Waals surface area contributed by atoms with Crippen LogP contribution in [0, 0.1) is 28.1 Å². The number of carbonyl (C=O) groups is 1. The van der Waals surface area contributed by atoms with Crippen LogP contribution in [0.2, 0.25) is 0 Å². The molecule has 6 atom stereocenters. The van der Waals surface area contributed by atoms with Gasteiger partial charge in [-0.3, -0.25) is 4.79 Å². The van der Waals surface area contributed by atoms with Crippen molar-refractivity contribution in [3.8, 4) is 0 Å². The van der Waals surface area contributed by atoms with Crippen molar-refractivity contribution in [2.75, 3.05) is 0 Å². The summed E-state index contributed by atoms with van der Waals surface area (Å²) in [6.45, 7) is 18.1. The zero-order chi connectivity index (χ0) is 27.8. The highest BCUT2D eigenvalue weighted by Crippen LogP contribution is 2.62. The Hall–Kier alpha value is -1.69. The molecule has 0 aromatic heterocycles. The molecule has 0 bridgehead atoms. The monoisotopic (exact) mass is 514 g/mol. The van der Waals surface area contributed by atoms with Crippen LogP contribution < -0.4 is 0 Å². The molecule has 37 heavy (non-hydrogen) atoms. The van der Waals surface area contributed by atoms with Gasteiger partial charge < -0.3 is 20.1 Å². The van der Waals surface area contributed by atoms with Gasteiger partial charge in [0.2, 0.25) is 0 Å². The molecule has 3 saturated carbocycles. The van der Waals surface area contributed by atoms with Gasteiger partial charge in [-0.15, -0.1) is 0 Å². The quantitative estimate of drug-likeness (QED) is 0.284. The van der Waals surface area contributed by atoms with Crippen molar-refractivity contribution >= 4 is 5.97 Å². The second-order valence-corrected chi connectivity index (χ2v) is 13.4. The Morgan fingerprint density at radius 2 is 1.84 bits per heavy atom. The summed E-state index contributed by atoms with van der Waals surface area (Å²) in [6.07, 6.45) is 12.5. The molecule has 208 valence electrons. The Kier molecular flexibility index (Phi) is 9.04. The van der Waals surface area contributed by atoms with Crippen LogP contribution in [0.4, 0.5) is 0 Å². The number of fused-ring (bicyclic) bond motifs is 1. The van der Waals surface area contributed by atoms with Crippen molar-refractivity contribution in [3.63, 3.8) is 0 Å². The van der Waals surface area contributed by atoms with E-state index in [9.17, 15) is 20.1 Å². The minimum absolute atomic E-state index is 0.144.